The molecule has 2 aromatic rings. The number of fused-ring (bicyclic) bond motifs is 1. The molecule has 96 valence electrons. The summed E-state index contributed by atoms with van der Waals surface area (Å²) in [5.41, 5.74) is 4.86. The zero-order chi connectivity index (χ0) is 13.2. The second-order valence-electron chi connectivity index (χ2n) is 4.61. The van der Waals surface area contributed by atoms with Crippen molar-refractivity contribution in [2.45, 2.75) is 6.92 Å². The van der Waals surface area contributed by atoms with Gasteiger partial charge >= 0.3 is 0 Å². The molecular weight excluding hydrogens is 236 g/mol. The van der Waals surface area contributed by atoms with Crippen molar-refractivity contribution in [1.82, 2.24) is 0 Å². The first-order valence-corrected chi connectivity index (χ1v) is 6.37. The Morgan fingerprint density at radius 1 is 1.05 bits per heavy atom. The van der Waals surface area contributed by atoms with Crippen molar-refractivity contribution in [1.29, 1.82) is 0 Å². The lowest BCUT2D eigenvalue weighted by Gasteiger charge is -2.21. The van der Waals surface area contributed by atoms with Gasteiger partial charge in [-0.05, 0) is 47.9 Å². The minimum atomic E-state index is 0.623. The van der Waals surface area contributed by atoms with Crippen LogP contribution >= 0.6 is 0 Å². The molecule has 0 bridgehead atoms. The van der Waals surface area contributed by atoms with Gasteiger partial charge in [-0.1, -0.05) is 24.3 Å². The molecule has 0 fully saturated rings. The van der Waals surface area contributed by atoms with Gasteiger partial charge in [-0.3, -0.25) is 0 Å². The Hall–Kier alpha value is -2.22. The molecule has 2 aromatic carbocycles. The van der Waals surface area contributed by atoms with E-state index in [9.17, 15) is 0 Å². The van der Waals surface area contributed by atoms with Crippen LogP contribution in [0.25, 0.3) is 5.57 Å². The summed E-state index contributed by atoms with van der Waals surface area (Å²) >= 11 is 0. The molecule has 1 aliphatic rings. The van der Waals surface area contributed by atoms with Crippen molar-refractivity contribution in [3.63, 3.8) is 0 Å². The van der Waals surface area contributed by atoms with Crippen LogP contribution in [0.1, 0.15) is 16.7 Å². The highest BCUT2D eigenvalue weighted by Gasteiger charge is 2.17. The van der Waals surface area contributed by atoms with Gasteiger partial charge in [0.25, 0.3) is 0 Å². The average Bonchev–Trinajstić information content (AvgIpc) is 2.47. The number of benzene rings is 2. The van der Waals surface area contributed by atoms with E-state index >= 15 is 0 Å². The van der Waals surface area contributed by atoms with Gasteiger partial charge in [-0.15, -0.1) is 0 Å². The molecule has 0 amide bonds. The van der Waals surface area contributed by atoms with Crippen LogP contribution in [0.3, 0.4) is 0 Å². The van der Waals surface area contributed by atoms with E-state index in [0.717, 1.165) is 11.5 Å². The third-order valence-corrected chi connectivity index (χ3v) is 3.43. The summed E-state index contributed by atoms with van der Waals surface area (Å²) in [4.78, 5) is 0. The largest absolute Gasteiger partial charge is 0.497 e. The lowest BCUT2D eigenvalue weighted by atomic mass is 9.92. The molecule has 19 heavy (non-hydrogen) atoms. The Bertz CT molecular complexity index is 624. The van der Waals surface area contributed by atoms with E-state index < -0.39 is 0 Å². The molecule has 0 spiro atoms. The summed E-state index contributed by atoms with van der Waals surface area (Å²) in [6, 6.07) is 14.3. The lowest BCUT2D eigenvalue weighted by Crippen LogP contribution is -2.06. The Morgan fingerprint density at radius 2 is 1.84 bits per heavy atom. The number of methoxy groups -OCH3 is 1. The number of hydrogen-bond donors (Lipinski definition) is 0. The fourth-order valence-corrected chi connectivity index (χ4v) is 2.46. The van der Waals surface area contributed by atoms with Crippen LogP contribution in [0.5, 0.6) is 11.5 Å². The smallest absolute Gasteiger partial charge is 0.127 e. The van der Waals surface area contributed by atoms with Crippen LogP contribution in [0.15, 0.2) is 48.5 Å². The van der Waals surface area contributed by atoms with Crippen molar-refractivity contribution >= 4 is 5.57 Å². The topological polar surface area (TPSA) is 18.5 Å². The van der Waals surface area contributed by atoms with E-state index in [4.69, 9.17) is 9.47 Å². The summed E-state index contributed by atoms with van der Waals surface area (Å²) in [7, 11) is 1.68. The molecule has 1 aliphatic heterocycles. The maximum absolute atomic E-state index is 5.70. The first kappa shape index (κ1) is 11.8. The third kappa shape index (κ3) is 2.10. The minimum absolute atomic E-state index is 0.623. The third-order valence-electron chi connectivity index (χ3n) is 3.43. The SMILES string of the molecule is COc1ccc(C2=CCOc3cccc(C)c32)cc1. The van der Waals surface area contributed by atoms with Gasteiger partial charge < -0.3 is 9.47 Å². The van der Waals surface area contributed by atoms with Gasteiger partial charge in [-0.2, -0.15) is 0 Å². The molecule has 2 heteroatoms. The number of rotatable bonds is 2. The van der Waals surface area contributed by atoms with Crippen molar-refractivity contribution in [2.75, 3.05) is 13.7 Å². The maximum atomic E-state index is 5.70. The van der Waals surface area contributed by atoms with Crippen molar-refractivity contribution in [2.24, 2.45) is 0 Å². The second-order valence-corrected chi connectivity index (χ2v) is 4.61. The van der Waals surface area contributed by atoms with E-state index in [0.29, 0.717) is 6.61 Å². The van der Waals surface area contributed by atoms with Gasteiger partial charge in [0.05, 0.1) is 7.11 Å². The van der Waals surface area contributed by atoms with Crippen molar-refractivity contribution < 1.29 is 9.47 Å². The van der Waals surface area contributed by atoms with Crippen molar-refractivity contribution in [3.05, 3.63) is 65.2 Å². The van der Waals surface area contributed by atoms with Crippen LogP contribution in [0, 0.1) is 6.92 Å². The Labute approximate surface area is 113 Å². The quantitative estimate of drug-likeness (QED) is 0.808. The fraction of sp³-hybridized carbons (Fsp3) is 0.176. The molecule has 0 radical (unpaired) electrons. The fourth-order valence-electron chi connectivity index (χ4n) is 2.46. The summed E-state index contributed by atoms with van der Waals surface area (Å²) in [6.07, 6.45) is 2.14. The summed E-state index contributed by atoms with van der Waals surface area (Å²) in [6.45, 7) is 2.74. The van der Waals surface area contributed by atoms with Gasteiger partial charge in [-0.25, -0.2) is 0 Å². The number of ether oxygens (including phenoxy) is 2. The Balaban J connectivity index is 2.08. The van der Waals surface area contributed by atoms with E-state index in [1.807, 2.05) is 24.3 Å². The molecule has 2 nitrogen and oxygen atoms in total. The standard InChI is InChI=1S/C17H16O2/c1-12-4-3-5-16-17(12)15(10-11-19-16)13-6-8-14(18-2)9-7-13/h3-10H,11H2,1-2H3. The highest BCUT2D eigenvalue weighted by Crippen LogP contribution is 2.36. The van der Waals surface area contributed by atoms with Crippen LogP contribution in [0.2, 0.25) is 0 Å². The first-order valence-electron chi connectivity index (χ1n) is 6.37. The van der Waals surface area contributed by atoms with Crippen molar-refractivity contribution in [3.8, 4) is 11.5 Å². The van der Waals surface area contributed by atoms with E-state index in [2.05, 4.69) is 31.2 Å². The molecule has 3 rings (SSSR count). The van der Waals surface area contributed by atoms with E-state index in [1.165, 1.54) is 22.3 Å². The molecule has 0 N–H and O–H groups in total. The van der Waals surface area contributed by atoms with E-state index in [-0.39, 0.29) is 0 Å². The van der Waals surface area contributed by atoms with Crippen LogP contribution in [-0.2, 0) is 0 Å². The first-order chi connectivity index (χ1) is 9.29. The normalized spacial score (nSPS) is 13.3. The molecular formula is C17H16O2. The molecule has 1 heterocycles. The average molecular weight is 252 g/mol. The monoisotopic (exact) mass is 252 g/mol. The highest BCUT2D eigenvalue weighted by atomic mass is 16.5. The van der Waals surface area contributed by atoms with Gasteiger partial charge in [0, 0.05) is 5.56 Å². The summed E-state index contributed by atoms with van der Waals surface area (Å²) in [5.74, 6) is 1.84. The molecule has 0 saturated carbocycles. The predicted octanol–water partition coefficient (Wildman–Crippen LogP) is 3.83. The predicted molar refractivity (Wildman–Crippen MR) is 76.7 cm³/mol. The zero-order valence-electron chi connectivity index (χ0n) is 11.1. The van der Waals surface area contributed by atoms with Gasteiger partial charge in [0.1, 0.15) is 18.1 Å². The van der Waals surface area contributed by atoms with Gasteiger partial charge in [0.15, 0.2) is 0 Å². The Kier molecular flexibility index (Phi) is 3.00. The molecule has 0 atom stereocenters. The number of hydrogen-bond acceptors (Lipinski definition) is 2. The summed E-state index contributed by atoms with van der Waals surface area (Å²) in [5, 5.41) is 0. The number of aryl methyl sites for hydroxylation is 1. The van der Waals surface area contributed by atoms with Crippen LogP contribution in [0.4, 0.5) is 0 Å². The van der Waals surface area contributed by atoms with Crippen LogP contribution in [-0.4, -0.2) is 13.7 Å². The molecule has 0 saturated heterocycles. The summed E-state index contributed by atoms with van der Waals surface area (Å²) < 4.78 is 10.9. The Morgan fingerprint density at radius 3 is 2.58 bits per heavy atom. The lowest BCUT2D eigenvalue weighted by molar-refractivity contribution is 0.357. The van der Waals surface area contributed by atoms with Crippen LogP contribution < -0.4 is 9.47 Å². The molecule has 0 unspecified atom stereocenters. The zero-order valence-corrected chi connectivity index (χ0v) is 11.1. The highest BCUT2D eigenvalue weighted by molar-refractivity contribution is 5.85. The maximum Gasteiger partial charge on any atom is 0.127 e. The second kappa shape index (κ2) is 4.81. The molecule has 0 aromatic heterocycles. The van der Waals surface area contributed by atoms with Gasteiger partial charge in [0.2, 0.25) is 0 Å². The minimum Gasteiger partial charge on any atom is -0.497 e. The molecule has 0 aliphatic carbocycles. The van der Waals surface area contributed by atoms with E-state index in [1.54, 1.807) is 7.11 Å².